The number of rotatable bonds is 4. The average molecular weight is 329 g/mol. The van der Waals surface area contributed by atoms with Crippen LogP contribution in [-0.2, 0) is 10.0 Å². The van der Waals surface area contributed by atoms with Crippen LogP contribution in [0.15, 0.2) is 47.6 Å². The molecule has 7 nitrogen and oxygen atoms in total. The number of hydrogen-bond acceptors (Lipinski definition) is 5. The molecule has 0 amide bonds. The number of aromatic amines is 1. The van der Waals surface area contributed by atoms with Gasteiger partial charge in [-0.3, -0.25) is 9.82 Å². The van der Waals surface area contributed by atoms with E-state index in [1.807, 2.05) is 30.3 Å². The molecule has 0 atom stereocenters. The Balaban J connectivity index is 1.87. The van der Waals surface area contributed by atoms with Crippen LogP contribution >= 0.6 is 0 Å². The summed E-state index contributed by atoms with van der Waals surface area (Å²) < 4.78 is 27.3. The van der Waals surface area contributed by atoms with E-state index in [2.05, 4.69) is 24.9 Å². The molecule has 8 heteroatoms. The molecule has 0 bridgehead atoms. The third kappa shape index (κ3) is 3.07. The van der Waals surface area contributed by atoms with E-state index in [-0.39, 0.29) is 4.90 Å². The highest BCUT2D eigenvalue weighted by molar-refractivity contribution is 7.92. The van der Waals surface area contributed by atoms with E-state index >= 15 is 0 Å². The molecule has 0 aliphatic heterocycles. The van der Waals surface area contributed by atoms with Crippen molar-refractivity contribution in [2.75, 3.05) is 4.72 Å². The minimum absolute atomic E-state index is 0.143. The number of nitrogens with zero attached hydrogens (tertiary/aromatic N) is 3. The first-order valence-electron chi connectivity index (χ1n) is 6.89. The highest BCUT2D eigenvalue weighted by Crippen LogP contribution is 2.21. The highest BCUT2D eigenvalue weighted by Gasteiger charge is 2.22. The predicted molar refractivity (Wildman–Crippen MR) is 86.3 cm³/mol. The summed E-state index contributed by atoms with van der Waals surface area (Å²) in [7, 11) is -3.73. The van der Waals surface area contributed by atoms with Gasteiger partial charge in [0.1, 0.15) is 4.90 Å². The molecule has 1 aromatic carbocycles. The maximum Gasteiger partial charge on any atom is 0.265 e. The quantitative estimate of drug-likeness (QED) is 0.765. The fraction of sp³-hybridized carbons (Fsp3) is 0.133. The Bertz CT molecular complexity index is 899. The number of benzene rings is 1. The van der Waals surface area contributed by atoms with Crippen molar-refractivity contribution in [3.63, 3.8) is 0 Å². The molecule has 0 saturated heterocycles. The first-order valence-corrected chi connectivity index (χ1v) is 8.37. The van der Waals surface area contributed by atoms with Gasteiger partial charge in [0.25, 0.3) is 10.0 Å². The zero-order valence-electron chi connectivity index (χ0n) is 12.6. The number of sulfonamides is 1. The Morgan fingerprint density at radius 2 is 1.70 bits per heavy atom. The first-order chi connectivity index (χ1) is 11.0. The molecule has 0 fully saturated rings. The predicted octanol–water partition coefficient (Wildman–Crippen LogP) is 2.28. The van der Waals surface area contributed by atoms with E-state index in [1.165, 1.54) is 12.4 Å². The molecule has 118 valence electrons. The number of anilines is 1. The number of aryl methyl sites for hydroxylation is 2. The van der Waals surface area contributed by atoms with Crippen molar-refractivity contribution in [3.8, 4) is 11.4 Å². The molecule has 0 unspecified atom stereocenters. The van der Waals surface area contributed by atoms with Gasteiger partial charge in [-0.05, 0) is 13.8 Å². The number of H-pyrrole nitrogens is 1. The van der Waals surface area contributed by atoms with Crippen molar-refractivity contribution in [2.24, 2.45) is 0 Å². The molecular formula is C15H15N5O2S. The van der Waals surface area contributed by atoms with Gasteiger partial charge in [0.2, 0.25) is 0 Å². The van der Waals surface area contributed by atoms with Crippen molar-refractivity contribution in [1.29, 1.82) is 0 Å². The van der Waals surface area contributed by atoms with Gasteiger partial charge in [0, 0.05) is 5.56 Å². The lowest BCUT2D eigenvalue weighted by molar-refractivity contribution is 0.600. The van der Waals surface area contributed by atoms with Crippen LogP contribution in [0.5, 0.6) is 0 Å². The summed E-state index contributed by atoms with van der Waals surface area (Å²) in [6.07, 6.45) is 2.88. The monoisotopic (exact) mass is 329 g/mol. The van der Waals surface area contributed by atoms with Crippen molar-refractivity contribution >= 4 is 15.7 Å². The summed E-state index contributed by atoms with van der Waals surface area (Å²) in [4.78, 5) is 8.54. The van der Waals surface area contributed by atoms with Gasteiger partial charge in [-0.25, -0.2) is 18.4 Å². The van der Waals surface area contributed by atoms with Gasteiger partial charge in [0.05, 0.1) is 29.5 Å². The minimum Gasteiger partial charge on any atom is -0.281 e. The summed E-state index contributed by atoms with van der Waals surface area (Å²) >= 11 is 0. The second kappa shape index (κ2) is 5.81. The lowest BCUT2D eigenvalue weighted by Gasteiger charge is -2.08. The van der Waals surface area contributed by atoms with E-state index in [0.717, 1.165) is 5.56 Å². The second-order valence-corrected chi connectivity index (χ2v) is 6.65. The van der Waals surface area contributed by atoms with Crippen LogP contribution in [0.25, 0.3) is 11.4 Å². The summed E-state index contributed by atoms with van der Waals surface area (Å²) in [5, 5.41) is 6.56. The Morgan fingerprint density at radius 3 is 2.26 bits per heavy atom. The number of aromatic nitrogens is 4. The Kier molecular flexibility index (Phi) is 3.83. The van der Waals surface area contributed by atoms with Crippen molar-refractivity contribution in [1.82, 2.24) is 20.2 Å². The summed E-state index contributed by atoms with van der Waals surface area (Å²) in [5.41, 5.74) is 2.06. The van der Waals surface area contributed by atoms with E-state index in [9.17, 15) is 8.42 Å². The fourth-order valence-corrected chi connectivity index (χ4v) is 3.66. The molecule has 23 heavy (non-hydrogen) atoms. The number of hydrogen-bond donors (Lipinski definition) is 2. The van der Waals surface area contributed by atoms with E-state index in [0.29, 0.717) is 22.9 Å². The third-order valence-electron chi connectivity index (χ3n) is 3.27. The SMILES string of the molecule is Cc1n[nH]c(C)c1S(=O)(=O)Nc1cnc(-c2ccccc2)nc1. The normalized spacial score (nSPS) is 11.4. The van der Waals surface area contributed by atoms with Crippen molar-refractivity contribution in [3.05, 3.63) is 54.1 Å². The minimum atomic E-state index is -3.73. The highest BCUT2D eigenvalue weighted by atomic mass is 32.2. The van der Waals surface area contributed by atoms with Crippen LogP contribution in [-0.4, -0.2) is 28.6 Å². The smallest absolute Gasteiger partial charge is 0.265 e. The molecule has 2 heterocycles. The molecule has 0 aliphatic rings. The summed E-state index contributed by atoms with van der Waals surface area (Å²) in [5.74, 6) is 0.532. The standard InChI is InChI=1S/C15H15N5O2S/c1-10-14(11(2)19-18-10)23(21,22)20-13-8-16-15(17-9-13)12-6-4-3-5-7-12/h3-9,20H,1-2H3,(H,18,19). The maximum atomic E-state index is 12.4. The average Bonchev–Trinajstić information content (AvgIpc) is 2.88. The number of nitrogens with one attached hydrogen (secondary N) is 2. The summed E-state index contributed by atoms with van der Waals surface area (Å²) in [6, 6.07) is 9.45. The van der Waals surface area contributed by atoms with Crippen LogP contribution < -0.4 is 4.72 Å². The van der Waals surface area contributed by atoms with Crippen LogP contribution in [0.4, 0.5) is 5.69 Å². The van der Waals surface area contributed by atoms with Crippen LogP contribution in [0.3, 0.4) is 0 Å². The molecule has 3 rings (SSSR count). The summed E-state index contributed by atoms with van der Waals surface area (Å²) in [6.45, 7) is 3.29. The lowest BCUT2D eigenvalue weighted by atomic mass is 10.2. The van der Waals surface area contributed by atoms with E-state index in [4.69, 9.17) is 0 Å². The molecule has 0 saturated carbocycles. The van der Waals surface area contributed by atoms with Gasteiger partial charge in [-0.2, -0.15) is 5.10 Å². The first kappa shape index (κ1) is 15.2. The Labute approximate surface area is 133 Å². The molecular weight excluding hydrogens is 314 g/mol. The molecule has 3 aromatic rings. The molecule has 2 N–H and O–H groups in total. The Morgan fingerprint density at radius 1 is 1.04 bits per heavy atom. The maximum absolute atomic E-state index is 12.4. The zero-order valence-corrected chi connectivity index (χ0v) is 13.4. The molecule has 0 spiro atoms. The van der Waals surface area contributed by atoms with Gasteiger partial charge in [0.15, 0.2) is 5.82 Å². The molecule has 0 aliphatic carbocycles. The topological polar surface area (TPSA) is 101 Å². The Hall–Kier alpha value is -2.74. The molecule has 2 aromatic heterocycles. The van der Waals surface area contributed by atoms with Crippen LogP contribution in [0.1, 0.15) is 11.4 Å². The second-order valence-electron chi connectivity index (χ2n) is 5.03. The van der Waals surface area contributed by atoms with Crippen LogP contribution in [0.2, 0.25) is 0 Å². The van der Waals surface area contributed by atoms with Gasteiger partial charge in [-0.15, -0.1) is 0 Å². The third-order valence-corrected chi connectivity index (χ3v) is 4.91. The van der Waals surface area contributed by atoms with Gasteiger partial charge < -0.3 is 0 Å². The van der Waals surface area contributed by atoms with Gasteiger partial charge >= 0.3 is 0 Å². The van der Waals surface area contributed by atoms with Crippen molar-refractivity contribution in [2.45, 2.75) is 18.7 Å². The van der Waals surface area contributed by atoms with Crippen molar-refractivity contribution < 1.29 is 8.42 Å². The molecule has 0 radical (unpaired) electrons. The largest absolute Gasteiger partial charge is 0.281 e. The van der Waals surface area contributed by atoms with Gasteiger partial charge in [-0.1, -0.05) is 30.3 Å². The van der Waals surface area contributed by atoms with E-state index < -0.39 is 10.0 Å². The van der Waals surface area contributed by atoms with E-state index in [1.54, 1.807) is 13.8 Å². The fourth-order valence-electron chi connectivity index (χ4n) is 2.26. The van der Waals surface area contributed by atoms with Crippen LogP contribution in [0, 0.1) is 13.8 Å². The zero-order chi connectivity index (χ0) is 16.4. The lowest BCUT2D eigenvalue weighted by Crippen LogP contribution is -2.15.